The Morgan fingerprint density at radius 1 is 1.43 bits per heavy atom. The standard InChI is InChI=1S/C12H18N4O5/c1-8-12(16(20)21)9(2)15(13-8)7-10(17)14(3)6-4-5-11(18)19/h4-7H2,1-3H3,(H,18,19). The van der Waals surface area contributed by atoms with Crippen LogP contribution in [-0.2, 0) is 16.1 Å². The van der Waals surface area contributed by atoms with Gasteiger partial charge in [-0.3, -0.25) is 24.4 Å². The topological polar surface area (TPSA) is 119 Å². The van der Waals surface area contributed by atoms with Crippen LogP contribution >= 0.6 is 0 Å². The number of hydrogen-bond donors (Lipinski definition) is 1. The minimum absolute atomic E-state index is 0.0109. The van der Waals surface area contributed by atoms with Crippen molar-refractivity contribution in [3.05, 3.63) is 21.5 Å². The lowest BCUT2D eigenvalue weighted by Crippen LogP contribution is -2.32. The second-order valence-electron chi connectivity index (χ2n) is 4.75. The second-order valence-corrected chi connectivity index (χ2v) is 4.75. The summed E-state index contributed by atoms with van der Waals surface area (Å²) >= 11 is 0. The maximum Gasteiger partial charge on any atom is 0.312 e. The molecule has 116 valence electrons. The van der Waals surface area contributed by atoms with Crippen molar-refractivity contribution < 1.29 is 19.6 Å². The predicted octanol–water partition coefficient (Wildman–Crippen LogP) is 0.731. The number of aromatic nitrogens is 2. The molecule has 0 aliphatic rings. The average molecular weight is 298 g/mol. The smallest absolute Gasteiger partial charge is 0.312 e. The van der Waals surface area contributed by atoms with Crippen LogP contribution in [-0.4, -0.2) is 50.2 Å². The lowest BCUT2D eigenvalue weighted by Gasteiger charge is -2.16. The van der Waals surface area contributed by atoms with E-state index in [0.717, 1.165) is 0 Å². The van der Waals surface area contributed by atoms with Gasteiger partial charge in [0, 0.05) is 20.0 Å². The van der Waals surface area contributed by atoms with Crippen molar-refractivity contribution in [2.75, 3.05) is 13.6 Å². The molecule has 0 aliphatic heterocycles. The molecule has 0 unspecified atom stereocenters. The molecule has 21 heavy (non-hydrogen) atoms. The number of carboxylic acids is 1. The Kier molecular flexibility index (Phi) is 5.39. The number of rotatable bonds is 7. The molecule has 0 bridgehead atoms. The van der Waals surface area contributed by atoms with Crippen LogP contribution in [0.4, 0.5) is 5.69 Å². The molecule has 0 atom stereocenters. The maximum absolute atomic E-state index is 12.0. The Morgan fingerprint density at radius 2 is 2.05 bits per heavy atom. The van der Waals surface area contributed by atoms with E-state index in [4.69, 9.17) is 5.11 Å². The molecule has 9 nitrogen and oxygen atoms in total. The molecule has 0 aromatic carbocycles. The average Bonchev–Trinajstić information content (AvgIpc) is 2.63. The summed E-state index contributed by atoms with van der Waals surface area (Å²) in [5.41, 5.74) is 0.500. The third kappa shape index (κ3) is 4.26. The Morgan fingerprint density at radius 3 is 2.52 bits per heavy atom. The first-order valence-electron chi connectivity index (χ1n) is 6.38. The van der Waals surface area contributed by atoms with Crippen LogP contribution in [0.25, 0.3) is 0 Å². The number of hydrogen-bond acceptors (Lipinski definition) is 5. The van der Waals surface area contributed by atoms with Crippen LogP contribution < -0.4 is 0 Å². The molecule has 0 saturated carbocycles. The number of carbonyl (C=O) groups is 2. The van der Waals surface area contributed by atoms with Crippen LogP contribution in [0.2, 0.25) is 0 Å². The normalized spacial score (nSPS) is 10.4. The highest BCUT2D eigenvalue weighted by atomic mass is 16.6. The number of nitro groups is 1. The van der Waals surface area contributed by atoms with Crippen LogP contribution in [0.15, 0.2) is 0 Å². The first-order valence-corrected chi connectivity index (χ1v) is 6.38. The summed E-state index contributed by atoms with van der Waals surface area (Å²) in [4.78, 5) is 34.1. The zero-order valence-electron chi connectivity index (χ0n) is 12.2. The fraction of sp³-hybridized carbons (Fsp3) is 0.583. The van der Waals surface area contributed by atoms with E-state index in [1.54, 1.807) is 7.05 Å². The quantitative estimate of drug-likeness (QED) is 0.585. The Bertz CT molecular complexity index is 566. The van der Waals surface area contributed by atoms with Gasteiger partial charge in [0.25, 0.3) is 0 Å². The molecule has 0 saturated heterocycles. The molecule has 0 aliphatic carbocycles. The summed E-state index contributed by atoms with van der Waals surface area (Å²) in [6, 6.07) is 0. The van der Waals surface area contributed by atoms with Gasteiger partial charge in [-0.2, -0.15) is 5.10 Å². The van der Waals surface area contributed by atoms with Crippen LogP contribution in [0.3, 0.4) is 0 Å². The fourth-order valence-corrected chi connectivity index (χ4v) is 1.95. The van der Waals surface area contributed by atoms with Gasteiger partial charge >= 0.3 is 11.7 Å². The van der Waals surface area contributed by atoms with E-state index < -0.39 is 10.9 Å². The van der Waals surface area contributed by atoms with Crippen LogP contribution in [0.5, 0.6) is 0 Å². The lowest BCUT2D eigenvalue weighted by molar-refractivity contribution is -0.386. The number of aliphatic carboxylic acids is 1. The van der Waals surface area contributed by atoms with Gasteiger partial charge < -0.3 is 10.0 Å². The third-order valence-electron chi connectivity index (χ3n) is 3.12. The van der Waals surface area contributed by atoms with E-state index >= 15 is 0 Å². The predicted molar refractivity (Wildman–Crippen MR) is 72.9 cm³/mol. The highest BCUT2D eigenvalue weighted by Gasteiger charge is 2.23. The molecule has 1 amide bonds. The van der Waals surface area contributed by atoms with E-state index in [1.165, 1.54) is 23.4 Å². The summed E-state index contributed by atoms with van der Waals surface area (Å²) in [6.07, 6.45) is 0.345. The lowest BCUT2D eigenvalue weighted by atomic mass is 10.3. The Hall–Kier alpha value is -2.45. The molecule has 9 heteroatoms. The Labute approximate surface area is 121 Å². The first-order chi connectivity index (χ1) is 9.73. The molecule has 1 heterocycles. The largest absolute Gasteiger partial charge is 0.481 e. The molecule has 1 aromatic heterocycles. The number of nitrogens with zero attached hydrogens (tertiary/aromatic N) is 4. The van der Waals surface area contributed by atoms with Gasteiger partial charge in [0.2, 0.25) is 5.91 Å². The molecule has 0 radical (unpaired) electrons. The molecule has 1 rings (SSSR count). The van der Waals surface area contributed by atoms with Crippen molar-refractivity contribution in [1.29, 1.82) is 0 Å². The molecular weight excluding hydrogens is 280 g/mol. The van der Waals surface area contributed by atoms with Crippen LogP contribution in [0, 0.1) is 24.0 Å². The van der Waals surface area contributed by atoms with E-state index in [0.29, 0.717) is 18.7 Å². The third-order valence-corrected chi connectivity index (χ3v) is 3.12. The van der Waals surface area contributed by atoms with E-state index in [2.05, 4.69) is 5.10 Å². The minimum atomic E-state index is -0.912. The molecule has 0 spiro atoms. The van der Waals surface area contributed by atoms with Crippen molar-refractivity contribution in [2.45, 2.75) is 33.2 Å². The SMILES string of the molecule is Cc1nn(CC(=O)N(C)CCCC(=O)O)c(C)c1[N+](=O)[O-]. The van der Waals surface area contributed by atoms with E-state index in [-0.39, 0.29) is 30.3 Å². The first kappa shape index (κ1) is 16.6. The van der Waals surface area contributed by atoms with Crippen molar-refractivity contribution >= 4 is 17.6 Å². The van der Waals surface area contributed by atoms with Gasteiger partial charge in [-0.15, -0.1) is 0 Å². The van der Waals surface area contributed by atoms with Crippen molar-refractivity contribution in [1.82, 2.24) is 14.7 Å². The minimum Gasteiger partial charge on any atom is -0.481 e. The second kappa shape index (κ2) is 6.82. The summed E-state index contributed by atoms with van der Waals surface area (Å²) < 4.78 is 1.30. The highest BCUT2D eigenvalue weighted by molar-refractivity contribution is 5.76. The summed E-state index contributed by atoms with van der Waals surface area (Å²) in [6.45, 7) is 3.26. The van der Waals surface area contributed by atoms with E-state index in [1.807, 2.05) is 0 Å². The highest BCUT2D eigenvalue weighted by Crippen LogP contribution is 2.21. The van der Waals surface area contributed by atoms with Crippen molar-refractivity contribution in [3.8, 4) is 0 Å². The summed E-state index contributed by atoms with van der Waals surface area (Å²) in [5.74, 6) is -1.19. The van der Waals surface area contributed by atoms with Gasteiger partial charge in [-0.05, 0) is 20.3 Å². The van der Waals surface area contributed by atoms with Gasteiger partial charge in [0.1, 0.15) is 17.9 Å². The number of carbonyl (C=O) groups excluding carboxylic acids is 1. The van der Waals surface area contributed by atoms with Gasteiger partial charge in [0.15, 0.2) is 0 Å². The number of amides is 1. The zero-order valence-corrected chi connectivity index (χ0v) is 12.2. The number of carboxylic acid groups (broad SMARTS) is 1. The Balaban J connectivity index is 2.69. The molecule has 0 fully saturated rings. The monoisotopic (exact) mass is 298 g/mol. The molecule has 1 N–H and O–H groups in total. The molecule has 1 aromatic rings. The number of aryl methyl sites for hydroxylation is 1. The maximum atomic E-state index is 12.0. The zero-order chi connectivity index (χ0) is 16.2. The van der Waals surface area contributed by atoms with Crippen LogP contribution in [0.1, 0.15) is 24.2 Å². The van der Waals surface area contributed by atoms with Gasteiger partial charge in [0.05, 0.1) is 4.92 Å². The van der Waals surface area contributed by atoms with Gasteiger partial charge in [-0.1, -0.05) is 0 Å². The van der Waals surface area contributed by atoms with Gasteiger partial charge in [-0.25, -0.2) is 0 Å². The van der Waals surface area contributed by atoms with Crippen molar-refractivity contribution in [3.63, 3.8) is 0 Å². The fourth-order valence-electron chi connectivity index (χ4n) is 1.95. The molecular formula is C12H18N4O5. The number of likely N-dealkylation sites (N-methyl/N-ethyl adjacent to an activating group) is 1. The van der Waals surface area contributed by atoms with Crippen molar-refractivity contribution in [2.24, 2.45) is 0 Å². The van der Waals surface area contributed by atoms with E-state index in [9.17, 15) is 19.7 Å². The summed E-state index contributed by atoms with van der Waals surface area (Å²) in [7, 11) is 1.56. The summed E-state index contributed by atoms with van der Waals surface area (Å²) in [5, 5.41) is 23.4.